The Labute approximate surface area is 301 Å². The number of hydrogen-bond donors (Lipinski definition) is 0. The largest absolute Gasteiger partial charge is 0.522 e. The normalized spacial score (nSPS) is 13.8. The fourth-order valence-corrected chi connectivity index (χ4v) is 7.76. The minimum Gasteiger partial charge on any atom is -0.214 e. The summed E-state index contributed by atoms with van der Waals surface area (Å²) >= 11 is 0. The highest BCUT2D eigenvalue weighted by Gasteiger charge is 2.53. The van der Waals surface area contributed by atoms with Crippen LogP contribution in [0.5, 0.6) is 0 Å². The number of allylic oxidation sites excluding steroid dienone is 3. The van der Waals surface area contributed by atoms with E-state index in [1.165, 1.54) is 12.1 Å². The summed E-state index contributed by atoms with van der Waals surface area (Å²) in [5.74, 6) is -25.3. The average molecular weight is 841 g/mol. The van der Waals surface area contributed by atoms with E-state index in [0.717, 1.165) is 0 Å². The quantitative estimate of drug-likeness (QED) is 0.124. The maximum Gasteiger partial charge on any atom is 0.522 e. The molecule has 2 aliphatic carbocycles. The molecule has 0 N–H and O–H groups in total. The van der Waals surface area contributed by atoms with E-state index in [-0.39, 0.29) is 0 Å². The molecule has 0 saturated carbocycles. The number of rotatable bonds is 4. The molecular formula is C32H6F14N4O4S2. The number of alkyl halides is 6. The first-order valence-electron chi connectivity index (χ1n) is 14.0. The van der Waals surface area contributed by atoms with Gasteiger partial charge in [0.2, 0.25) is 0 Å². The third-order valence-corrected chi connectivity index (χ3v) is 11.3. The summed E-state index contributed by atoms with van der Waals surface area (Å²) < 4.78 is 252. The molecular weight excluding hydrogens is 834 g/mol. The second kappa shape index (κ2) is 13.2. The molecule has 0 atom stereocenters. The molecule has 8 nitrogen and oxygen atoms in total. The summed E-state index contributed by atoms with van der Waals surface area (Å²) in [7, 11) is -14.4. The average Bonchev–Trinajstić information content (AvgIpc) is 3.73. The predicted molar refractivity (Wildman–Crippen MR) is 158 cm³/mol. The van der Waals surface area contributed by atoms with E-state index in [1.54, 1.807) is 0 Å². The van der Waals surface area contributed by atoms with Gasteiger partial charge in [-0.05, 0) is 50.8 Å². The maximum absolute atomic E-state index is 15.9. The zero-order chi connectivity index (χ0) is 42.4. The molecule has 288 valence electrons. The van der Waals surface area contributed by atoms with E-state index in [1.807, 2.05) is 0 Å². The zero-order valence-electron chi connectivity index (χ0n) is 26.1. The van der Waals surface area contributed by atoms with Gasteiger partial charge in [-0.15, -0.1) is 0 Å². The number of hydrogen-bond acceptors (Lipinski definition) is 6. The molecule has 0 radical (unpaired) electrons. The molecule has 0 spiro atoms. The van der Waals surface area contributed by atoms with E-state index in [9.17, 15) is 53.7 Å². The van der Waals surface area contributed by atoms with Crippen molar-refractivity contribution in [2.45, 2.75) is 33.6 Å². The second-order valence-corrected chi connectivity index (χ2v) is 14.9. The van der Waals surface area contributed by atoms with Crippen LogP contribution in [-0.2, 0) is 32.5 Å². The van der Waals surface area contributed by atoms with Crippen LogP contribution in [0.1, 0.15) is 11.1 Å². The van der Waals surface area contributed by atoms with Gasteiger partial charge < -0.3 is 0 Å². The number of benzene rings is 3. The molecule has 0 fully saturated rings. The summed E-state index contributed by atoms with van der Waals surface area (Å²) in [5, 5.41) is 16.9. The SMILES string of the molecule is [C-]#[N+]C([N+]#[C-])=C1C=c2c(c(-c3c(F)c(F)c(S(=O)(=O)C(F)(F)F)c(F)c3F)c3c(c2-c2c(F)c(F)c(S(=O)(=O)C(F)(F)F)c(F)c2F)CC(=C(C#N)C#N)C=3)C1. The Kier molecular flexibility index (Phi) is 9.66. The van der Waals surface area contributed by atoms with Gasteiger partial charge in [-0.25, -0.2) is 52.0 Å². The molecule has 3 aromatic rings. The Morgan fingerprint density at radius 3 is 1.14 bits per heavy atom. The van der Waals surface area contributed by atoms with Crippen molar-refractivity contribution in [3.8, 4) is 34.4 Å². The summed E-state index contributed by atoms with van der Waals surface area (Å²) in [6.45, 7) is 14.5. The van der Waals surface area contributed by atoms with Crippen LogP contribution in [-0.4, -0.2) is 27.9 Å². The van der Waals surface area contributed by atoms with Crippen molar-refractivity contribution < 1.29 is 78.3 Å². The van der Waals surface area contributed by atoms with Crippen molar-refractivity contribution in [3.05, 3.63) is 113 Å². The van der Waals surface area contributed by atoms with Gasteiger partial charge in [-0.1, -0.05) is 6.08 Å². The van der Waals surface area contributed by atoms with Gasteiger partial charge in [-0.3, -0.25) is 0 Å². The monoisotopic (exact) mass is 840 g/mol. The molecule has 0 saturated heterocycles. The maximum atomic E-state index is 15.9. The van der Waals surface area contributed by atoms with Crippen molar-refractivity contribution in [3.63, 3.8) is 0 Å². The fraction of sp³-hybridized carbons (Fsp3) is 0.125. The van der Waals surface area contributed by atoms with Crippen molar-refractivity contribution in [2.75, 3.05) is 0 Å². The molecule has 24 heteroatoms. The summed E-state index contributed by atoms with van der Waals surface area (Å²) in [5.41, 5.74) is -24.0. The first-order valence-corrected chi connectivity index (χ1v) is 17.0. The molecule has 3 aromatic carbocycles. The smallest absolute Gasteiger partial charge is 0.214 e. The Morgan fingerprint density at radius 2 is 0.857 bits per heavy atom. The number of fused-ring (bicyclic) bond motifs is 2. The number of nitriles is 2. The molecule has 0 amide bonds. The predicted octanol–water partition coefficient (Wildman–Crippen LogP) is 6.79. The highest BCUT2D eigenvalue weighted by molar-refractivity contribution is 7.92. The summed E-state index contributed by atoms with van der Waals surface area (Å²) in [4.78, 5) is -0.671. The van der Waals surface area contributed by atoms with Gasteiger partial charge in [-0.2, -0.15) is 46.6 Å². The molecule has 5 rings (SSSR count). The molecule has 2 aliphatic rings. The van der Waals surface area contributed by atoms with E-state index in [2.05, 4.69) is 9.69 Å². The van der Waals surface area contributed by atoms with Gasteiger partial charge in [0.25, 0.3) is 19.7 Å². The third-order valence-electron chi connectivity index (χ3n) is 8.30. The first-order chi connectivity index (χ1) is 25.8. The van der Waals surface area contributed by atoms with E-state index in [4.69, 9.17) is 13.1 Å². The summed E-state index contributed by atoms with van der Waals surface area (Å²) in [6.07, 6.45) is -1.10. The standard InChI is InChI=1S/C32H6F14N4O4S2/c1-49-30(50-2)10-5-14-15(6-10)17(19-22(35)26(39)29(27(40)23(19)36)56(53,54)32(44,45)46)13-4-9(11(7-47)8-48)3-12(13)16(14)18-20(33)24(37)28(25(38)21(18)34)55(51,52)31(41,42)43/h3,6H,4-5H2. The van der Waals surface area contributed by atoms with Gasteiger partial charge in [0.05, 0.1) is 16.7 Å². The van der Waals surface area contributed by atoms with Gasteiger partial charge in [0.15, 0.2) is 56.3 Å². The molecule has 56 heavy (non-hydrogen) atoms. The van der Waals surface area contributed by atoms with E-state index in [0.29, 0.717) is 12.2 Å². The lowest BCUT2D eigenvalue weighted by molar-refractivity contribution is -0.0446. The zero-order valence-corrected chi connectivity index (χ0v) is 27.7. The molecule has 0 aromatic heterocycles. The van der Waals surface area contributed by atoms with Gasteiger partial charge in [0.1, 0.15) is 30.9 Å². The Hall–Kier alpha value is -6.24. The minimum absolute atomic E-state index is 0.544. The van der Waals surface area contributed by atoms with Crippen LogP contribution in [0.25, 0.3) is 44.1 Å². The number of halogens is 14. The highest BCUT2D eigenvalue weighted by Crippen LogP contribution is 2.44. The number of sulfone groups is 2. The molecule has 0 unspecified atom stereocenters. The third kappa shape index (κ3) is 5.67. The van der Waals surface area contributed by atoms with Crippen molar-refractivity contribution in [1.29, 1.82) is 10.5 Å². The van der Waals surface area contributed by atoms with Crippen LogP contribution in [0.4, 0.5) is 61.5 Å². The van der Waals surface area contributed by atoms with Crippen molar-refractivity contribution in [1.82, 2.24) is 0 Å². The first kappa shape index (κ1) is 40.9. The highest BCUT2D eigenvalue weighted by atomic mass is 32.2. The minimum atomic E-state index is -7.21. The van der Waals surface area contributed by atoms with Crippen LogP contribution < -0.4 is 10.4 Å². The van der Waals surface area contributed by atoms with Gasteiger partial charge in [0, 0.05) is 6.42 Å². The molecule has 0 bridgehead atoms. The van der Waals surface area contributed by atoms with Crippen molar-refractivity contribution in [2.24, 2.45) is 0 Å². The van der Waals surface area contributed by atoms with Crippen molar-refractivity contribution >= 4 is 31.8 Å². The number of nitrogens with zero attached hydrogens (tertiary/aromatic N) is 4. The van der Waals surface area contributed by atoms with Crippen LogP contribution in [0.2, 0.25) is 0 Å². The lowest BCUT2D eigenvalue weighted by Gasteiger charge is -2.20. The molecule has 0 aliphatic heterocycles. The lowest BCUT2D eigenvalue weighted by Crippen LogP contribution is -2.29. The Bertz CT molecular complexity index is 2700. The van der Waals surface area contributed by atoms with Crippen LogP contribution >= 0.6 is 0 Å². The van der Waals surface area contributed by atoms with Crippen LogP contribution in [0.3, 0.4) is 0 Å². The second-order valence-electron chi connectivity index (χ2n) is 11.2. The topological polar surface area (TPSA) is 125 Å². The van der Waals surface area contributed by atoms with E-state index < -0.39 is 166 Å². The Morgan fingerprint density at radius 1 is 0.554 bits per heavy atom. The lowest BCUT2D eigenvalue weighted by atomic mass is 9.86. The van der Waals surface area contributed by atoms with Gasteiger partial charge >= 0.3 is 16.8 Å². The fourth-order valence-electron chi connectivity index (χ4n) is 5.99. The van der Waals surface area contributed by atoms with Crippen LogP contribution in [0, 0.1) is 82.3 Å². The Balaban J connectivity index is 2.13. The molecule has 0 heterocycles. The van der Waals surface area contributed by atoms with E-state index >= 15 is 35.1 Å². The summed E-state index contributed by atoms with van der Waals surface area (Å²) in [6, 6.07) is 2.65. The van der Waals surface area contributed by atoms with Crippen LogP contribution in [0.15, 0.2) is 32.3 Å².